The lowest BCUT2D eigenvalue weighted by molar-refractivity contribution is 0.247. The third-order valence-corrected chi connectivity index (χ3v) is 9.35. The van der Waals surface area contributed by atoms with Gasteiger partial charge in [-0.15, -0.1) is 0 Å². The highest BCUT2D eigenvalue weighted by atomic mass is 31.2. The molecule has 0 N–H and O–H groups in total. The molecule has 132 valence electrons. The molecule has 0 saturated heterocycles. The summed E-state index contributed by atoms with van der Waals surface area (Å²) in [6.45, 7) is 12.5. The fourth-order valence-electron chi connectivity index (χ4n) is 2.24. The molecule has 0 aliphatic rings. The van der Waals surface area contributed by atoms with Crippen molar-refractivity contribution < 1.29 is 13.2 Å². The average Bonchev–Trinajstić information content (AvgIpc) is 2.32. The summed E-state index contributed by atoms with van der Waals surface area (Å²) in [5.41, 5.74) is 0.832. The molecule has 0 aromatic carbocycles. The van der Waals surface area contributed by atoms with E-state index in [0.717, 1.165) is 5.56 Å². The Kier molecular flexibility index (Phi) is 6.96. The third-order valence-electron chi connectivity index (χ3n) is 2.70. The minimum Gasteiger partial charge on any atom is -0.402 e. The smallest absolute Gasteiger partial charge is 0.238 e. The zero-order valence-electron chi connectivity index (χ0n) is 15.7. The van der Waals surface area contributed by atoms with Crippen molar-refractivity contribution in [2.24, 2.45) is 0 Å². The molecule has 23 heavy (non-hydrogen) atoms. The molecule has 0 spiro atoms. The normalized spacial score (nSPS) is 17.1. The molecule has 1 heterocycles. The summed E-state index contributed by atoms with van der Waals surface area (Å²) >= 11 is 0. The molecule has 0 fully saturated rings. The Morgan fingerprint density at radius 1 is 1.17 bits per heavy atom. The largest absolute Gasteiger partial charge is 0.402 e. The van der Waals surface area contributed by atoms with E-state index >= 15 is 0 Å². The topological polar surface area (TPSA) is 51.7 Å². The SMILES string of the molecule is CN(C)CP(=O)(O[Si](C)(C)C)C(O[Si](C)(C)C)c1cccnc1. The lowest BCUT2D eigenvalue weighted by Gasteiger charge is -2.37. The quantitative estimate of drug-likeness (QED) is 0.492. The van der Waals surface area contributed by atoms with Gasteiger partial charge in [0, 0.05) is 18.0 Å². The van der Waals surface area contributed by atoms with Crippen LogP contribution in [-0.2, 0) is 13.2 Å². The standard InChI is InChI=1S/C15H31N2O3PSi2/c1-17(2)13-21(18,20-23(6,7)8)15(19-22(3,4)5)14-10-9-11-16-12-14/h9-12,15H,13H2,1-8H3. The minimum atomic E-state index is -3.07. The van der Waals surface area contributed by atoms with Crippen molar-refractivity contribution in [2.45, 2.75) is 45.1 Å². The van der Waals surface area contributed by atoms with E-state index in [0.29, 0.717) is 6.29 Å². The summed E-state index contributed by atoms with van der Waals surface area (Å²) in [6, 6.07) is 3.78. The summed E-state index contributed by atoms with van der Waals surface area (Å²) in [4.78, 5) is 6.10. The van der Waals surface area contributed by atoms with Gasteiger partial charge in [-0.05, 0) is 59.4 Å². The van der Waals surface area contributed by atoms with Crippen molar-refractivity contribution in [3.63, 3.8) is 0 Å². The molecule has 0 aliphatic carbocycles. The van der Waals surface area contributed by atoms with E-state index in [2.05, 4.69) is 44.3 Å². The fourth-order valence-corrected chi connectivity index (χ4v) is 10.5. The van der Waals surface area contributed by atoms with Gasteiger partial charge in [0.1, 0.15) is 5.85 Å². The molecule has 0 radical (unpaired) electrons. The lowest BCUT2D eigenvalue weighted by Crippen LogP contribution is -2.33. The van der Waals surface area contributed by atoms with Crippen LogP contribution < -0.4 is 0 Å². The van der Waals surface area contributed by atoms with Crippen LogP contribution in [-0.4, -0.2) is 46.9 Å². The first-order chi connectivity index (χ1) is 10.3. The van der Waals surface area contributed by atoms with Crippen LogP contribution in [0.4, 0.5) is 0 Å². The van der Waals surface area contributed by atoms with Crippen LogP contribution in [0.5, 0.6) is 0 Å². The van der Waals surface area contributed by atoms with Crippen LogP contribution in [0.3, 0.4) is 0 Å². The minimum absolute atomic E-state index is 0.362. The molecular weight excluding hydrogens is 343 g/mol. The maximum atomic E-state index is 13.9. The van der Waals surface area contributed by atoms with Crippen molar-refractivity contribution in [3.8, 4) is 0 Å². The highest BCUT2D eigenvalue weighted by Gasteiger charge is 2.42. The molecule has 1 aromatic rings. The molecule has 0 saturated carbocycles. The van der Waals surface area contributed by atoms with Crippen LogP contribution in [0, 0.1) is 0 Å². The number of pyridine rings is 1. The van der Waals surface area contributed by atoms with Gasteiger partial charge in [0.2, 0.25) is 7.37 Å². The van der Waals surface area contributed by atoms with Gasteiger partial charge in [-0.2, -0.15) is 0 Å². The number of hydrogen-bond donors (Lipinski definition) is 0. The summed E-state index contributed by atoms with van der Waals surface area (Å²) in [7, 11) is -3.17. The van der Waals surface area contributed by atoms with E-state index in [1.165, 1.54) is 0 Å². The Labute approximate surface area is 143 Å². The molecule has 1 rings (SSSR count). The van der Waals surface area contributed by atoms with Gasteiger partial charge < -0.3 is 13.5 Å². The van der Waals surface area contributed by atoms with Gasteiger partial charge in [0.05, 0.1) is 6.29 Å². The zero-order chi connectivity index (χ0) is 17.9. The van der Waals surface area contributed by atoms with Crippen LogP contribution >= 0.6 is 7.37 Å². The second-order valence-electron chi connectivity index (χ2n) is 8.02. The molecule has 0 aliphatic heterocycles. The summed E-state index contributed by atoms with van der Waals surface area (Å²) in [5.74, 6) is -0.558. The first-order valence-electron chi connectivity index (χ1n) is 7.84. The monoisotopic (exact) mass is 374 g/mol. The van der Waals surface area contributed by atoms with Crippen molar-refractivity contribution in [1.29, 1.82) is 0 Å². The van der Waals surface area contributed by atoms with E-state index in [9.17, 15) is 4.57 Å². The predicted molar refractivity (Wildman–Crippen MR) is 102 cm³/mol. The number of rotatable bonds is 8. The number of aromatic nitrogens is 1. The molecule has 0 bridgehead atoms. The first kappa shape index (κ1) is 20.7. The molecule has 8 heteroatoms. The fraction of sp³-hybridized carbons (Fsp3) is 0.667. The van der Waals surface area contributed by atoms with Gasteiger partial charge in [0.25, 0.3) is 0 Å². The highest BCUT2D eigenvalue weighted by molar-refractivity contribution is 7.60. The van der Waals surface area contributed by atoms with E-state index < -0.39 is 29.8 Å². The summed E-state index contributed by atoms with van der Waals surface area (Å²) in [6.07, 6.45) is 3.81. The van der Waals surface area contributed by atoms with Crippen LogP contribution in [0.2, 0.25) is 39.3 Å². The Morgan fingerprint density at radius 3 is 2.17 bits per heavy atom. The average molecular weight is 375 g/mol. The van der Waals surface area contributed by atoms with E-state index in [-0.39, 0.29) is 0 Å². The summed E-state index contributed by atoms with van der Waals surface area (Å²) in [5, 5.41) is 0. The maximum Gasteiger partial charge on any atom is 0.238 e. The second kappa shape index (κ2) is 7.72. The lowest BCUT2D eigenvalue weighted by atomic mass is 10.3. The van der Waals surface area contributed by atoms with Gasteiger partial charge in [0.15, 0.2) is 16.6 Å². The second-order valence-corrected chi connectivity index (χ2v) is 19.6. The molecule has 2 atom stereocenters. The van der Waals surface area contributed by atoms with Crippen molar-refractivity contribution in [3.05, 3.63) is 30.1 Å². The summed E-state index contributed by atoms with van der Waals surface area (Å²) < 4.78 is 26.4. The molecule has 5 nitrogen and oxygen atoms in total. The Bertz CT molecular complexity index is 542. The maximum absolute atomic E-state index is 13.9. The van der Waals surface area contributed by atoms with E-state index in [1.807, 2.05) is 31.1 Å². The first-order valence-corrected chi connectivity index (χ1v) is 16.5. The van der Waals surface area contributed by atoms with E-state index in [4.69, 9.17) is 8.64 Å². The van der Waals surface area contributed by atoms with Crippen molar-refractivity contribution >= 4 is 24.0 Å². The number of hydrogen-bond acceptors (Lipinski definition) is 5. The van der Waals surface area contributed by atoms with Gasteiger partial charge in [-0.1, -0.05) is 6.07 Å². The van der Waals surface area contributed by atoms with E-state index in [1.54, 1.807) is 12.4 Å². The van der Waals surface area contributed by atoms with Crippen molar-refractivity contribution in [2.75, 3.05) is 20.4 Å². The zero-order valence-corrected chi connectivity index (χ0v) is 18.6. The molecule has 2 unspecified atom stereocenters. The number of nitrogens with zero attached hydrogens (tertiary/aromatic N) is 2. The molecular formula is C15H31N2O3PSi2. The van der Waals surface area contributed by atoms with Crippen LogP contribution in [0.25, 0.3) is 0 Å². The predicted octanol–water partition coefficient (Wildman–Crippen LogP) is 4.58. The molecule has 0 amide bonds. The Morgan fingerprint density at radius 2 is 1.78 bits per heavy atom. The Balaban J connectivity index is 3.34. The van der Waals surface area contributed by atoms with Gasteiger partial charge in [-0.3, -0.25) is 9.55 Å². The van der Waals surface area contributed by atoms with Crippen LogP contribution in [0.1, 0.15) is 11.4 Å². The van der Waals surface area contributed by atoms with Gasteiger partial charge >= 0.3 is 0 Å². The van der Waals surface area contributed by atoms with Crippen molar-refractivity contribution in [1.82, 2.24) is 9.88 Å². The van der Waals surface area contributed by atoms with Gasteiger partial charge in [-0.25, -0.2) is 0 Å². The Hall–Kier alpha value is -0.306. The molecule has 1 aromatic heterocycles. The van der Waals surface area contributed by atoms with Crippen LogP contribution in [0.15, 0.2) is 24.5 Å². The highest BCUT2D eigenvalue weighted by Crippen LogP contribution is 2.62. The third kappa shape index (κ3) is 7.41.